The van der Waals surface area contributed by atoms with Crippen LogP contribution in [-0.2, 0) is 12.7 Å². The molecule has 2 atom stereocenters. The second kappa shape index (κ2) is 8.20. The number of benzene rings is 2. The van der Waals surface area contributed by atoms with Crippen LogP contribution in [0.4, 0.5) is 13.2 Å². The summed E-state index contributed by atoms with van der Waals surface area (Å²) in [6, 6.07) is 8.22. The predicted molar refractivity (Wildman–Crippen MR) is 112 cm³/mol. The summed E-state index contributed by atoms with van der Waals surface area (Å²) in [5.74, 6) is -1.06. The molecule has 0 radical (unpaired) electrons. The first-order valence-corrected chi connectivity index (χ1v) is 10.5. The number of aromatic hydroxyl groups is 1. The Labute approximate surface area is 181 Å². The number of hydrogen-bond donors (Lipinski definition) is 2. The van der Waals surface area contributed by atoms with Gasteiger partial charge in [-0.15, -0.1) is 0 Å². The van der Waals surface area contributed by atoms with E-state index >= 15 is 0 Å². The van der Waals surface area contributed by atoms with Crippen molar-refractivity contribution < 1.29 is 27.6 Å². The first-order chi connectivity index (χ1) is 14.6. The molecule has 1 aromatic heterocycles. The zero-order valence-electron chi connectivity index (χ0n) is 16.9. The molecule has 164 valence electrons. The van der Waals surface area contributed by atoms with Crippen LogP contribution in [0.5, 0.6) is 5.75 Å². The molecule has 31 heavy (non-hydrogen) atoms. The summed E-state index contributed by atoms with van der Waals surface area (Å²) in [6.07, 6.45) is -2.79. The van der Waals surface area contributed by atoms with Crippen LogP contribution in [0.1, 0.15) is 31.1 Å². The molecule has 0 spiro atoms. The maximum absolute atomic E-state index is 13.9. The standard InChI is InChI=1S/C23H21ClF3NO3/c1-13-3-2-10-28(11-13)12-17-18(29)9-8-16-20(30)19(14-4-6-15(24)7-5-14)22(23(25,26)27)31-21(16)17/h4-9,13,29H,2-3,10-12H2,1H3/p+1. The molecule has 1 aliphatic heterocycles. The SMILES string of the molecule is CC1CCC[NH+](Cc2c(O)ccc3c(=O)c(-c4ccc(Cl)cc4)c(C(F)(F)F)oc23)C1. The highest BCUT2D eigenvalue weighted by atomic mass is 35.5. The van der Waals surface area contributed by atoms with E-state index in [9.17, 15) is 23.1 Å². The van der Waals surface area contributed by atoms with E-state index in [2.05, 4.69) is 6.92 Å². The Bertz CT molecular complexity index is 1170. The molecule has 0 aliphatic carbocycles. The molecule has 3 aromatic rings. The van der Waals surface area contributed by atoms with Crippen molar-refractivity contribution in [3.63, 3.8) is 0 Å². The Kier molecular flexibility index (Phi) is 5.75. The molecule has 0 bridgehead atoms. The lowest BCUT2D eigenvalue weighted by Gasteiger charge is -2.28. The van der Waals surface area contributed by atoms with Gasteiger partial charge in [-0.2, -0.15) is 13.2 Å². The molecule has 2 aromatic carbocycles. The Balaban J connectivity index is 1.94. The van der Waals surface area contributed by atoms with Crippen molar-refractivity contribution >= 4 is 22.6 Å². The van der Waals surface area contributed by atoms with E-state index < -0.39 is 22.9 Å². The predicted octanol–water partition coefficient (Wildman–Crippen LogP) is 4.65. The van der Waals surface area contributed by atoms with Crippen LogP contribution >= 0.6 is 11.6 Å². The number of halogens is 4. The van der Waals surface area contributed by atoms with Crippen LogP contribution in [-0.4, -0.2) is 18.2 Å². The van der Waals surface area contributed by atoms with E-state index in [1.54, 1.807) is 0 Å². The normalized spacial score (nSPS) is 19.6. The Morgan fingerprint density at radius 2 is 1.90 bits per heavy atom. The Hall–Kier alpha value is -2.51. The molecule has 2 unspecified atom stereocenters. The maximum Gasteiger partial charge on any atom is 0.450 e. The van der Waals surface area contributed by atoms with Gasteiger partial charge in [0.25, 0.3) is 0 Å². The van der Waals surface area contributed by atoms with Crippen molar-refractivity contribution in [3.8, 4) is 16.9 Å². The highest BCUT2D eigenvalue weighted by Crippen LogP contribution is 2.39. The van der Waals surface area contributed by atoms with Crippen molar-refractivity contribution in [3.05, 3.63) is 63.0 Å². The minimum atomic E-state index is -4.89. The topological polar surface area (TPSA) is 54.9 Å². The molecule has 2 heterocycles. The van der Waals surface area contributed by atoms with Gasteiger partial charge in [-0.1, -0.05) is 30.7 Å². The average molecular weight is 453 g/mol. The smallest absolute Gasteiger partial charge is 0.450 e. The van der Waals surface area contributed by atoms with Gasteiger partial charge in [0, 0.05) is 10.9 Å². The van der Waals surface area contributed by atoms with Gasteiger partial charge in [0.1, 0.15) is 12.3 Å². The van der Waals surface area contributed by atoms with Gasteiger partial charge in [-0.25, -0.2) is 0 Å². The minimum Gasteiger partial charge on any atom is -0.507 e. The van der Waals surface area contributed by atoms with E-state index in [0.29, 0.717) is 10.9 Å². The number of piperidine rings is 1. The van der Waals surface area contributed by atoms with Crippen molar-refractivity contribution in [2.75, 3.05) is 13.1 Å². The van der Waals surface area contributed by atoms with Crippen LogP contribution < -0.4 is 10.3 Å². The van der Waals surface area contributed by atoms with Gasteiger partial charge in [0.05, 0.1) is 29.6 Å². The van der Waals surface area contributed by atoms with Gasteiger partial charge >= 0.3 is 6.18 Å². The van der Waals surface area contributed by atoms with Gasteiger partial charge in [-0.3, -0.25) is 4.79 Å². The number of phenolic OH excluding ortho intramolecular Hbond substituents is 1. The Morgan fingerprint density at radius 3 is 2.55 bits per heavy atom. The van der Waals surface area contributed by atoms with E-state index in [1.807, 2.05) is 0 Å². The molecule has 0 amide bonds. The van der Waals surface area contributed by atoms with E-state index in [0.717, 1.165) is 30.8 Å². The van der Waals surface area contributed by atoms with Gasteiger partial charge in [0.2, 0.25) is 11.2 Å². The monoisotopic (exact) mass is 452 g/mol. The van der Waals surface area contributed by atoms with Gasteiger partial charge in [0.15, 0.2) is 5.58 Å². The fraction of sp³-hybridized carbons (Fsp3) is 0.348. The summed E-state index contributed by atoms with van der Waals surface area (Å²) < 4.78 is 47.2. The lowest BCUT2D eigenvalue weighted by atomic mass is 9.98. The molecule has 0 saturated carbocycles. The van der Waals surface area contributed by atoms with Crippen LogP contribution in [0, 0.1) is 5.92 Å². The molecule has 1 fully saturated rings. The van der Waals surface area contributed by atoms with Crippen molar-refractivity contribution in [2.24, 2.45) is 5.92 Å². The van der Waals surface area contributed by atoms with Crippen LogP contribution in [0.25, 0.3) is 22.1 Å². The van der Waals surface area contributed by atoms with Gasteiger partial charge < -0.3 is 14.4 Å². The minimum absolute atomic E-state index is 0.00945. The molecule has 1 aliphatic rings. The van der Waals surface area contributed by atoms with Crippen molar-refractivity contribution in [1.82, 2.24) is 0 Å². The fourth-order valence-corrected chi connectivity index (χ4v) is 4.49. The number of nitrogens with one attached hydrogen (secondary N) is 1. The summed E-state index contributed by atoms with van der Waals surface area (Å²) in [6.45, 7) is 4.10. The van der Waals surface area contributed by atoms with Crippen LogP contribution in [0.3, 0.4) is 0 Å². The molecule has 2 N–H and O–H groups in total. The summed E-state index contributed by atoms with van der Waals surface area (Å²) in [4.78, 5) is 14.3. The number of rotatable bonds is 3. The lowest BCUT2D eigenvalue weighted by Crippen LogP contribution is -3.12. The summed E-state index contributed by atoms with van der Waals surface area (Å²) >= 11 is 5.85. The third-order valence-electron chi connectivity index (χ3n) is 5.82. The lowest BCUT2D eigenvalue weighted by molar-refractivity contribution is -0.922. The third kappa shape index (κ3) is 4.29. The first-order valence-electron chi connectivity index (χ1n) is 10.1. The molecule has 8 heteroatoms. The van der Waals surface area contributed by atoms with E-state index in [-0.39, 0.29) is 34.4 Å². The average Bonchev–Trinajstić information content (AvgIpc) is 2.70. The van der Waals surface area contributed by atoms with E-state index in [4.69, 9.17) is 16.0 Å². The van der Waals surface area contributed by atoms with Crippen LogP contribution in [0.15, 0.2) is 45.6 Å². The number of alkyl halides is 3. The summed E-state index contributed by atoms with van der Waals surface area (Å²) in [5, 5.41) is 10.8. The fourth-order valence-electron chi connectivity index (χ4n) is 4.36. The second-order valence-corrected chi connectivity index (χ2v) is 8.64. The maximum atomic E-state index is 13.9. The van der Waals surface area contributed by atoms with Crippen molar-refractivity contribution in [2.45, 2.75) is 32.5 Å². The highest BCUT2D eigenvalue weighted by Gasteiger charge is 2.40. The number of likely N-dealkylation sites (tertiary alicyclic amines) is 1. The zero-order chi connectivity index (χ0) is 22.3. The van der Waals surface area contributed by atoms with E-state index in [1.165, 1.54) is 36.4 Å². The zero-order valence-corrected chi connectivity index (χ0v) is 17.6. The summed E-state index contributed by atoms with van der Waals surface area (Å²) in [7, 11) is 0. The van der Waals surface area contributed by atoms with Crippen molar-refractivity contribution in [1.29, 1.82) is 0 Å². The second-order valence-electron chi connectivity index (χ2n) is 8.21. The number of fused-ring (bicyclic) bond motifs is 1. The molecule has 4 nitrogen and oxygen atoms in total. The number of quaternary nitrogens is 1. The molecule has 4 rings (SSSR count). The molecule has 1 saturated heterocycles. The van der Waals surface area contributed by atoms with Gasteiger partial charge in [-0.05, 0) is 42.7 Å². The Morgan fingerprint density at radius 1 is 1.19 bits per heavy atom. The van der Waals surface area contributed by atoms with Crippen LogP contribution in [0.2, 0.25) is 5.02 Å². The number of phenols is 1. The largest absolute Gasteiger partial charge is 0.507 e. The highest BCUT2D eigenvalue weighted by molar-refractivity contribution is 6.30. The quantitative estimate of drug-likeness (QED) is 0.608. The molecular formula is C23H22ClF3NO3+. The summed E-state index contributed by atoms with van der Waals surface area (Å²) in [5.41, 5.74) is -1.27. The first kappa shape index (κ1) is 21.7. The third-order valence-corrected chi connectivity index (χ3v) is 6.07. The molecular weight excluding hydrogens is 431 g/mol. The number of hydrogen-bond acceptors (Lipinski definition) is 3.